The fourth-order valence-corrected chi connectivity index (χ4v) is 2.60. The van der Waals surface area contributed by atoms with E-state index in [1.807, 2.05) is 13.8 Å². The highest BCUT2D eigenvalue weighted by atomic mass is 16.2. The Bertz CT molecular complexity index is 410. The zero-order chi connectivity index (χ0) is 14.2. The van der Waals surface area contributed by atoms with Gasteiger partial charge in [0.15, 0.2) is 0 Å². The van der Waals surface area contributed by atoms with Crippen molar-refractivity contribution in [2.45, 2.75) is 51.4 Å². The molecule has 0 bridgehead atoms. The number of hydrogen-bond donors (Lipinski definition) is 3. The molecule has 2 rings (SSSR count). The van der Waals surface area contributed by atoms with E-state index in [0.717, 1.165) is 0 Å². The van der Waals surface area contributed by atoms with Crippen LogP contribution in [-0.2, 0) is 9.59 Å². The van der Waals surface area contributed by atoms with Crippen molar-refractivity contribution in [2.24, 2.45) is 0 Å². The van der Waals surface area contributed by atoms with Crippen molar-refractivity contribution in [3.05, 3.63) is 0 Å². The number of piperazine rings is 1. The summed E-state index contributed by atoms with van der Waals surface area (Å²) in [6.45, 7) is 5.90. The van der Waals surface area contributed by atoms with Gasteiger partial charge in [-0.2, -0.15) is 0 Å². The van der Waals surface area contributed by atoms with E-state index in [-0.39, 0.29) is 29.9 Å². The number of carbonyl (C=O) groups excluding carboxylic acids is 3. The highest BCUT2D eigenvalue weighted by Crippen LogP contribution is 2.22. The maximum Gasteiger partial charge on any atom is 0.315 e. The van der Waals surface area contributed by atoms with Crippen LogP contribution in [0.4, 0.5) is 4.79 Å². The van der Waals surface area contributed by atoms with Crippen molar-refractivity contribution in [1.82, 2.24) is 20.9 Å². The molecule has 0 aromatic heterocycles. The number of urea groups is 1. The van der Waals surface area contributed by atoms with Gasteiger partial charge in [-0.25, -0.2) is 4.79 Å². The normalized spacial score (nSPS) is 30.1. The summed E-state index contributed by atoms with van der Waals surface area (Å²) in [7, 11) is 0. The molecular weight excluding hydrogens is 248 g/mol. The minimum atomic E-state index is -0.582. The van der Waals surface area contributed by atoms with Crippen LogP contribution in [0.3, 0.4) is 0 Å². The minimum absolute atomic E-state index is 0.0272. The van der Waals surface area contributed by atoms with Gasteiger partial charge in [0, 0.05) is 12.6 Å². The van der Waals surface area contributed by atoms with Gasteiger partial charge in [-0.3, -0.25) is 9.59 Å². The maximum atomic E-state index is 12.0. The van der Waals surface area contributed by atoms with E-state index in [1.54, 1.807) is 11.8 Å². The molecule has 2 fully saturated rings. The Kier molecular flexibility index (Phi) is 3.64. The van der Waals surface area contributed by atoms with Crippen molar-refractivity contribution < 1.29 is 14.4 Å². The van der Waals surface area contributed by atoms with E-state index < -0.39 is 12.1 Å². The summed E-state index contributed by atoms with van der Waals surface area (Å²) in [4.78, 5) is 37.2. The molecule has 106 valence electrons. The molecule has 0 aromatic rings. The van der Waals surface area contributed by atoms with Crippen molar-refractivity contribution in [3.8, 4) is 0 Å². The summed E-state index contributed by atoms with van der Waals surface area (Å²) < 4.78 is 0. The van der Waals surface area contributed by atoms with Crippen molar-refractivity contribution in [1.29, 1.82) is 0 Å². The lowest BCUT2D eigenvalue weighted by Gasteiger charge is -2.35. The maximum absolute atomic E-state index is 12.0. The van der Waals surface area contributed by atoms with Crippen LogP contribution >= 0.6 is 0 Å². The first kappa shape index (κ1) is 13.6. The summed E-state index contributed by atoms with van der Waals surface area (Å²) in [5.41, 5.74) is 0. The summed E-state index contributed by atoms with van der Waals surface area (Å²) in [6.07, 6.45) is 0.599. The van der Waals surface area contributed by atoms with Gasteiger partial charge in [0.05, 0.1) is 6.04 Å². The van der Waals surface area contributed by atoms with Gasteiger partial charge in [0.1, 0.15) is 12.1 Å². The Hall–Kier alpha value is -1.79. The largest absolute Gasteiger partial charge is 0.343 e. The minimum Gasteiger partial charge on any atom is -0.343 e. The van der Waals surface area contributed by atoms with Crippen molar-refractivity contribution in [2.75, 3.05) is 6.54 Å². The summed E-state index contributed by atoms with van der Waals surface area (Å²) >= 11 is 0. The monoisotopic (exact) mass is 268 g/mol. The van der Waals surface area contributed by atoms with Crippen LogP contribution in [0.5, 0.6) is 0 Å². The SMILES string of the molecule is CC(C)NC(=O)NC1CCN2C(=O)C(C)NC(=O)C12. The first-order valence-corrected chi connectivity index (χ1v) is 6.58. The number of nitrogens with one attached hydrogen (secondary N) is 3. The van der Waals surface area contributed by atoms with Crippen LogP contribution in [0, 0.1) is 0 Å². The summed E-state index contributed by atoms with van der Waals surface area (Å²) in [6, 6.07) is -1.66. The third-order valence-electron chi connectivity index (χ3n) is 3.42. The average Bonchev–Trinajstić information content (AvgIpc) is 2.69. The third-order valence-corrected chi connectivity index (χ3v) is 3.42. The van der Waals surface area contributed by atoms with Gasteiger partial charge in [-0.05, 0) is 27.2 Å². The van der Waals surface area contributed by atoms with Gasteiger partial charge in [0.2, 0.25) is 11.8 Å². The number of carbonyl (C=O) groups is 3. The first-order valence-electron chi connectivity index (χ1n) is 6.58. The second kappa shape index (κ2) is 5.07. The lowest BCUT2D eigenvalue weighted by molar-refractivity contribution is -0.146. The molecule has 7 nitrogen and oxygen atoms in total. The van der Waals surface area contributed by atoms with Gasteiger partial charge in [-0.1, -0.05) is 0 Å². The second-order valence-corrected chi connectivity index (χ2v) is 5.37. The van der Waals surface area contributed by atoms with Gasteiger partial charge < -0.3 is 20.9 Å². The molecule has 0 spiro atoms. The molecule has 3 atom stereocenters. The van der Waals surface area contributed by atoms with Crippen molar-refractivity contribution in [3.63, 3.8) is 0 Å². The quantitative estimate of drug-likeness (QED) is 0.611. The number of hydrogen-bond acceptors (Lipinski definition) is 3. The topological polar surface area (TPSA) is 90.5 Å². The predicted octanol–water partition coefficient (Wildman–Crippen LogP) is -0.818. The first-order chi connectivity index (χ1) is 8.90. The number of nitrogens with zero attached hydrogens (tertiary/aromatic N) is 1. The van der Waals surface area contributed by atoms with E-state index in [1.165, 1.54) is 0 Å². The molecule has 3 unspecified atom stereocenters. The molecule has 19 heavy (non-hydrogen) atoms. The Labute approximate surface area is 112 Å². The van der Waals surface area contributed by atoms with Gasteiger partial charge >= 0.3 is 6.03 Å². The molecule has 0 radical (unpaired) electrons. The van der Waals surface area contributed by atoms with E-state index in [2.05, 4.69) is 16.0 Å². The molecule has 2 aliphatic heterocycles. The average molecular weight is 268 g/mol. The standard InChI is InChI=1S/C12H20N4O3/c1-6(2)13-12(19)15-8-4-5-16-9(8)10(17)14-7(3)11(16)18/h6-9H,4-5H2,1-3H3,(H,14,17)(H2,13,15,19). The van der Waals surface area contributed by atoms with Gasteiger partial charge in [-0.15, -0.1) is 0 Å². The van der Waals surface area contributed by atoms with E-state index in [9.17, 15) is 14.4 Å². The molecule has 0 aliphatic carbocycles. The van der Waals surface area contributed by atoms with Crippen LogP contribution < -0.4 is 16.0 Å². The van der Waals surface area contributed by atoms with Crippen LogP contribution in [0.1, 0.15) is 27.2 Å². The molecule has 0 aromatic carbocycles. The zero-order valence-corrected chi connectivity index (χ0v) is 11.4. The highest BCUT2D eigenvalue weighted by molar-refractivity contribution is 5.98. The lowest BCUT2D eigenvalue weighted by atomic mass is 10.1. The number of amides is 4. The van der Waals surface area contributed by atoms with Crippen LogP contribution in [-0.4, -0.2) is 53.5 Å². The van der Waals surface area contributed by atoms with Crippen molar-refractivity contribution >= 4 is 17.8 Å². The van der Waals surface area contributed by atoms with Crippen LogP contribution in [0.2, 0.25) is 0 Å². The zero-order valence-electron chi connectivity index (χ0n) is 11.4. The smallest absolute Gasteiger partial charge is 0.315 e. The van der Waals surface area contributed by atoms with Crippen LogP contribution in [0.25, 0.3) is 0 Å². The van der Waals surface area contributed by atoms with Gasteiger partial charge in [0.25, 0.3) is 0 Å². The fourth-order valence-electron chi connectivity index (χ4n) is 2.60. The molecular formula is C12H20N4O3. The number of fused-ring (bicyclic) bond motifs is 1. The van der Waals surface area contributed by atoms with Crippen LogP contribution in [0.15, 0.2) is 0 Å². The van der Waals surface area contributed by atoms with E-state index in [4.69, 9.17) is 0 Å². The number of rotatable bonds is 2. The Morgan fingerprint density at radius 2 is 2.11 bits per heavy atom. The predicted molar refractivity (Wildman–Crippen MR) is 68.3 cm³/mol. The molecule has 3 N–H and O–H groups in total. The van der Waals surface area contributed by atoms with E-state index >= 15 is 0 Å². The lowest BCUT2D eigenvalue weighted by Crippen LogP contribution is -2.64. The molecule has 2 aliphatic rings. The summed E-state index contributed by atoms with van der Waals surface area (Å²) in [5.74, 6) is -0.280. The Morgan fingerprint density at radius 3 is 2.74 bits per heavy atom. The third kappa shape index (κ3) is 2.64. The molecule has 4 amide bonds. The molecule has 0 saturated carbocycles. The molecule has 2 heterocycles. The molecule has 2 saturated heterocycles. The molecule has 7 heteroatoms. The Balaban J connectivity index is 2.03. The highest BCUT2D eigenvalue weighted by Gasteiger charge is 2.47. The Morgan fingerprint density at radius 1 is 1.42 bits per heavy atom. The fraction of sp³-hybridized carbons (Fsp3) is 0.750. The van der Waals surface area contributed by atoms with E-state index in [0.29, 0.717) is 13.0 Å². The summed E-state index contributed by atoms with van der Waals surface area (Å²) in [5, 5.41) is 8.13. The second-order valence-electron chi connectivity index (χ2n) is 5.37.